The second kappa shape index (κ2) is 4.00. The molecule has 13 heavy (non-hydrogen) atoms. The van der Waals surface area contributed by atoms with Gasteiger partial charge < -0.3 is 10.4 Å². The van der Waals surface area contributed by atoms with E-state index in [9.17, 15) is 18.7 Å². The van der Waals surface area contributed by atoms with Crippen molar-refractivity contribution in [2.24, 2.45) is 0 Å². The fraction of sp³-hybridized carbons (Fsp3) is 0.875. The van der Waals surface area contributed by atoms with Gasteiger partial charge in [0, 0.05) is 6.54 Å². The Hall–Kier alpha value is -0.710. The van der Waals surface area contributed by atoms with Crippen LogP contribution < -0.4 is 5.32 Å². The van der Waals surface area contributed by atoms with Gasteiger partial charge in [-0.2, -0.15) is 8.78 Å². The highest BCUT2D eigenvalue weighted by molar-refractivity contribution is 5.79. The molecule has 0 bridgehead atoms. The van der Waals surface area contributed by atoms with E-state index in [2.05, 4.69) is 0 Å². The van der Waals surface area contributed by atoms with Gasteiger partial charge in [0.1, 0.15) is 0 Å². The van der Waals surface area contributed by atoms with Crippen LogP contribution in [0.2, 0.25) is 0 Å². The monoisotopic (exact) mass is 193 g/mol. The molecule has 0 radical (unpaired) electrons. The minimum Gasteiger partial charge on any atom is -0.388 e. The Labute approximate surface area is 75.1 Å². The molecular formula is C8H13F2NO2. The normalized spacial score (nSPS) is 20.6. The highest BCUT2D eigenvalue weighted by Gasteiger charge is 2.32. The van der Waals surface area contributed by atoms with Crippen molar-refractivity contribution in [1.82, 2.24) is 5.32 Å². The number of hydrogen-bond donors (Lipinski definition) is 2. The smallest absolute Gasteiger partial charge is 0.315 e. The van der Waals surface area contributed by atoms with Crippen molar-refractivity contribution in [2.75, 3.05) is 6.54 Å². The highest BCUT2D eigenvalue weighted by atomic mass is 19.3. The molecule has 0 unspecified atom stereocenters. The summed E-state index contributed by atoms with van der Waals surface area (Å²) >= 11 is 0. The maximum absolute atomic E-state index is 11.7. The van der Waals surface area contributed by atoms with Gasteiger partial charge in [-0.25, -0.2) is 0 Å². The zero-order chi connectivity index (χ0) is 9.90. The molecule has 1 fully saturated rings. The lowest BCUT2D eigenvalue weighted by molar-refractivity contribution is -0.132. The number of carbonyl (C=O) groups excluding carboxylic acids is 1. The lowest BCUT2D eigenvalue weighted by atomic mass is 10.0. The largest absolute Gasteiger partial charge is 0.388 e. The van der Waals surface area contributed by atoms with Crippen molar-refractivity contribution in [3.05, 3.63) is 0 Å². The number of nitrogens with one attached hydrogen (secondary N) is 1. The van der Waals surface area contributed by atoms with Crippen LogP contribution in [-0.2, 0) is 4.79 Å². The summed E-state index contributed by atoms with van der Waals surface area (Å²) < 4.78 is 23.5. The predicted molar refractivity (Wildman–Crippen MR) is 42.4 cm³/mol. The summed E-state index contributed by atoms with van der Waals surface area (Å²) in [4.78, 5) is 10.5. The molecule has 1 saturated carbocycles. The van der Waals surface area contributed by atoms with Gasteiger partial charge in [-0.3, -0.25) is 4.79 Å². The molecule has 0 spiro atoms. The summed E-state index contributed by atoms with van der Waals surface area (Å²) in [6.45, 7) is -0.0594. The second-order valence-corrected chi connectivity index (χ2v) is 3.45. The van der Waals surface area contributed by atoms with E-state index in [1.165, 1.54) is 0 Å². The van der Waals surface area contributed by atoms with Crippen LogP contribution in [0.25, 0.3) is 0 Å². The molecule has 1 amide bonds. The van der Waals surface area contributed by atoms with Gasteiger partial charge in [0.05, 0.1) is 5.60 Å². The Morgan fingerprint density at radius 3 is 2.46 bits per heavy atom. The summed E-state index contributed by atoms with van der Waals surface area (Å²) in [5.41, 5.74) is -0.954. The van der Waals surface area contributed by atoms with E-state index in [4.69, 9.17) is 0 Å². The van der Waals surface area contributed by atoms with Crippen LogP contribution in [0.5, 0.6) is 0 Å². The molecule has 1 aliphatic rings. The molecule has 0 aliphatic heterocycles. The third-order valence-electron chi connectivity index (χ3n) is 2.32. The maximum atomic E-state index is 11.7. The number of hydrogen-bond acceptors (Lipinski definition) is 2. The highest BCUT2D eigenvalue weighted by Crippen LogP contribution is 2.28. The average molecular weight is 193 g/mol. The molecule has 1 rings (SSSR count). The van der Waals surface area contributed by atoms with Crippen LogP contribution in [0.15, 0.2) is 0 Å². The second-order valence-electron chi connectivity index (χ2n) is 3.45. The van der Waals surface area contributed by atoms with E-state index in [1.54, 1.807) is 0 Å². The van der Waals surface area contributed by atoms with Gasteiger partial charge in [-0.15, -0.1) is 0 Å². The molecule has 0 aromatic heterocycles. The van der Waals surface area contributed by atoms with E-state index in [0.717, 1.165) is 12.8 Å². The Balaban J connectivity index is 2.29. The molecule has 5 heteroatoms. The molecule has 0 aromatic carbocycles. The number of alkyl halides is 2. The Morgan fingerprint density at radius 1 is 1.46 bits per heavy atom. The van der Waals surface area contributed by atoms with Crippen LogP contribution in [0.1, 0.15) is 25.7 Å². The lowest BCUT2D eigenvalue weighted by Crippen LogP contribution is -2.42. The van der Waals surface area contributed by atoms with Crippen LogP contribution in [0.4, 0.5) is 8.78 Å². The van der Waals surface area contributed by atoms with Crippen molar-refractivity contribution >= 4 is 5.91 Å². The SMILES string of the molecule is O=C(NCC1(O)CCCC1)C(F)F. The van der Waals surface area contributed by atoms with Crippen LogP contribution >= 0.6 is 0 Å². The Kier molecular flexibility index (Phi) is 3.19. The first-order chi connectivity index (χ1) is 6.03. The topological polar surface area (TPSA) is 49.3 Å². The van der Waals surface area contributed by atoms with E-state index in [0.29, 0.717) is 12.8 Å². The number of halogens is 2. The van der Waals surface area contributed by atoms with Crippen molar-refractivity contribution in [1.29, 1.82) is 0 Å². The summed E-state index contributed by atoms with van der Waals surface area (Å²) in [6, 6.07) is 0. The summed E-state index contributed by atoms with van der Waals surface area (Å²) in [5.74, 6) is -1.31. The standard InChI is InChI=1S/C8H13F2NO2/c9-6(10)7(12)11-5-8(13)3-1-2-4-8/h6,13H,1-5H2,(H,11,12). The van der Waals surface area contributed by atoms with Crippen molar-refractivity contribution in [2.45, 2.75) is 37.7 Å². The lowest BCUT2D eigenvalue weighted by Gasteiger charge is -2.21. The van der Waals surface area contributed by atoms with E-state index in [-0.39, 0.29) is 6.54 Å². The third kappa shape index (κ3) is 2.91. The minimum atomic E-state index is -3.00. The van der Waals surface area contributed by atoms with Crippen molar-refractivity contribution < 1.29 is 18.7 Å². The van der Waals surface area contributed by atoms with Gasteiger partial charge in [0.25, 0.3) is 5.91 Å². The fourth-order valence-corrected chi connectivity index (χ4v) is 1.54. The van der Waals surface area contributed by atoms with Crippen LogP contribution in [0.3, 0.4) is 0 Å². The molecular weight excluding hydrogens is 180 g/mol. The summed E-state index contributed by atoms with van der Waals surface area (Å²) in [7, 11) is 0. The van der Waals surface area contributed by atoms with Gasteiger partial charge in [0.15, 0.2) is 0 Å². The van der Waals surface area contributed by atoms with Gasteiger partial charge in [0.2, 0.25) is 0 Å². The van der Waals surface area contributed by atoms with E-state index >= 15 is 0 Å². The zero-order valence-electron chi connectivity index (χ0n) is 7.22. The molecule has 0 atom stereocenters. The van der Waals surface area contributed by atoms with Crippen LogP contribution in [-0.4, -0.2) is 29.6 Å². The molecule has 0 saturated heterocycles. The fourth-order valence-electron chi connectivity index (χ4n) is 1.54. The van der Waals surface area contributed by atoms with E-state index < -0.39 is 17.9 Å². The summed E-state index contributed by atoms with van der Waals surface area (Å²) in [5, 5.41) is 11.7. The first-order valence-electron chi connectivity index (χ1n) is 4.32. The summed E-state index contributed by atoms with van der Waals surface area (Å²) in [6.07, 6.45) is -0.0558. The molecule has 0 aromatic rings. The molecule has 2 N–H and O–H groups in total. The Bertz CT molecular complexity index is 191. The van der Waals surface area contributed by atoms with Gasteiger partial charge in [-0.05, 0) is 12.8 Å². The number of carbonyl (C=O) groups is 1. The van der Waals surface area contributed by atoms with Crippen molar-refractivity contribution in [3.8, 4) is 0 Å². The first kappa shape index (κ1) is 10.4. The Morgan fingerprint density at radius 2 is 2.00 bits per heavy atom. The first-order valence-corrected chi connectivity index (χ1v) is 4.32. The predicted octanol–water partition coefficient (Wildman–Crippen LogP) is 0.673. The average Bonchev–Trinajstić information content (AvgIpc) is 2.48. The molecule has 76 valence electrons. The molecule has 1 aliphatic carbocycles. The van der Waals surface area contributed by atoms with E-state index in [1.807, 2.05) is 5.32 Å². The molecule has 3 nitrogen and oxygen atoms in total. The number of amides is 1. The van der Waals surface area contributed by atoms with Crippen LogP contribution in [0, 0.1) is 0 Å². The minimum absolute atomic E-state index is 0.0594. The van der Waals surface area contributed by atoms with Crippen molar-refractivity contribution in [3.63, 3.8) is 0 Å². The molecule has 0 heterocycles. The third-order valence-corrected chi connectivity index (χ3v) is 2.32. The van der Waals surface area contributed by atoms with Gasteiger partial charge >= 0.3 is 6.43 Å². The number of aliphatic hydroxyl groups is 1. The maximum Gasteiger partial charge on any atom is 0.315 e. The quantitative estimate of drug-likeness (QED) is 0.692. The van der Waals surface area contributed by atoms with Gasteiger partial charge in [-0.1, -0.05) is 12.8 Å². The zero-order valence-corrected chi connectivity index (χ0v) is 7.22. The number of rotatable bonds is 3.